The predicted octanol–water partition coefficient (Wildman–Crippen LogP) is 3.07. The third-order valence-electron chi connectivity index (χ3n) is 5.61. The summed E-state index contributed by atoms with van der Waals surface area (Å²) in [5.74, 6) is -3.20. The third-order valence-corrected chi connectivity index (χ3v) is 5.61. The van der Waals surface area contributed by atoms with Gasteiger partial charge in [-0.1, -0.05) is 0 Å². The minimum absolute atomic E-state index is 0.0222. The lowest BCUT2D eigenvalue weighted by Gasteiger charge is -2.40. The van der Waals surface area contributed by atoms with Gasteiger partial charge in [-0.25, -0.2) is 19.0 Å². The van der Waals surface area contributed by atoms with E-state index < -0.39 is 18.0 Å². The van der Waals surface area contributed by atoms with Crippen molar-refractivity contribution < 1.29 is 41.7 Å². The number of hydrogen-bond donors (Lipinski definition) is 1. The Hall–Kier alpha value is -2.63. The molecule has 2 amide bonds. The normalized spacial score (nSPS) is 25.4. The Balaban J connectivity index is 0.000000360. The highest BCUT2D eigenvalue weighted by Crippen LogP contribution is 2.36. The molecule has 0 bridgehead atoms. The topological polar surface area (TPSA) is 92.2 Å². The maximum Gasteiger partial charge on any atom is 0.490 e. The molecule has 0 aliphatic carbocycles. The quantitative estimate of drug-likeness (QED) is 0.678. The lowest BCUT2D eigenvalue weighted by Crippen LogP contribution is -2.53. The maximum atomic E-state index is 13.7. The Kier molecular flexibility index (Phi) is 7.42. The van der Waals surface area contributed by atoms with Crippen LogP contribution in [0.15, 0.2) is 18.3 Å². The minimum Gasteiger partial charge on any atom is -0.475 e. The number of aromatic nitrogens is 1. The summed E-state index contributed by atoms with van der Waals surface area (Å²) < 4.78 is 57.2. The van der Waals surface area contributed by atoms with Gasteiger partial charge in [-0.3, -0.25) is 0 Å². The van der Waals surface area contributed by atoms with Gasteiger partial charge in [0.2, 0.25) is 0 Å². The second kappa shape index (κ2) is 9.88. The molecule has 0 saturated carbocycles. The molecule has 8 nitrogen and oxygen atoms in total. The smallest absolute Gasteiger partial charge is 0.475 e. The third kappa shape index (κ3) is 5.99. The molecule has 1 aromatic rings. The molecular weight excluding hydrogens is 438 g/mol. The van der Waals surface area contributed by atoms with Gasteiger partial charge in [-0.05, 0) is 37.8 Å². The van der Waals surface area contributed by atoms with Gasteiger partial charge in [0.15, 0.2) is 5.82 Å². The number of carbonyl (C=O) groups excluding carboxylic acids is 1. The lowest BCUT2D eigenvalue weighted by atomic mass is 9.89. The number of ether oxygens (including phenoxy) is 2. The van der Waals surface area contributed by atoms with Crippen molar-refractivity contribution in [3.05, 3.63) is 24.1 Å². The van der Waals surface area contributed by atoms with E-state index in [0.717, 1.165) is 45.3 Å². The van der Waals surface area contributed by atoms with Crippen molar-refractivity contribution in [2.75, 3.05) is 32.8 Å². The number of carboxylic acid groups (broad SMARTS) is 1. The van der Waals surface area contributed by atoms with Crippen LogP contribution in [0.2, 0.25) is 0 Å². The summed E-state index contributed by atoms with van der Waals surface area (Å²) in [5, 5.41) is 7.12. The van der Waals surface area contributed by atoms with Crippen molar-refractivity contribution in [2.45, 2.75) is 50.0 Å². The number of piperidine rings is 1. The molecule has 1 aromatic heterocycles. The van der Waals surface area contributed by atoms with Gasteiger partial charge in [0.1, 0.15) is 6.10 Å². The number of pyridine rings is 1. The summed E-state index contributed by atoms with van der Waals surface area (Å²) in [6, 6.07) is 3.00. The molecule has 3 saturated heterocycles. The van der Waals surface area contributed by atoms with Gasteiger partial charge < -0.3 is 24.4 Å². The Labute approximate surface area is 182 Å². The van der Waals surface area contributed by atoms with Crippen molar-refractivity contribution in [2.24, 2.45) is 0 Å². The number of carboxylic acids is 1. The highest BCUT2D eigenvalue weighted by atomic mass is 19.4. The number of likely N-dealkylation sites (tertiary alicyclic amines) is 2. The highest BCUT2D eigenvalue weighted by Gasteiger charge is 2.46. The summed E-state index contributed by atoms with van der Waals surface area (Å²) >= 11 is 0. The Morgan fingerprint density at radius 1 is 1.19 bits per heavy atom. The molecule has 1 N–H and O–H groups in total. The number of rotatable bonds is 2. The van der Waals surface area contributed by atoms with E-state index in [-0.39, 0.29) is 23.6 Å². The summed E-state index contributed by atoms with van der Waals surface area (Å²) in [7, 11) is 0. The van der Waals surface area contributed by atoms with Crippen molar-refractivity contribution in [3.8, 4) is 5.88 Å². The molecule has 32 heavy (non-hydrogen) atoms. The minimum atomic E-state index is -5.08. The van der Waals surface area contributed by atoms with Crippen LogP contribution in [-0.4, -0.2) is 82.6 Å². The van der Waals surface area contributed by atoms with Crippen molar-refractivity contribution in [3.63, 3.8) is 0 Å². The molecule has 3 aliphatic rings. The molecule has 3 aliphatic heterocycles. The van der Waals surface area contributed by atoms with E-state index in [4.69, 9.17) is 19.4 Å². The SMILES string of the molecule is O=C(N1CCCC1)N1CCC[C@]2(C[C@H](Oc3ncccc3F)CO2)C1.O=C(O)C(F)(F)F. The van der Waals surface area contributed by atoms with E-state index >= 15 is 0 Å². The number of urea groups is 1. The van der Waals surface area contributed by atoms with Crippen LogP contribution in [0.25, 0.3) is 0 Å². The summed E-state index contributed by atoms with van der Waals surface area (Å²) in [5.41, 5.74) is -0.371. The van der Waals surface area contributed by atoms with E-state index in [9.17, 15) is 22.4 Å². The standard InChI is InChI=1S/C18H24FN3O3.C2HF3O2/c19-15-5-3-7-20-16(15)25-14-11-18(24-12-14)6-4-10-22(13-18)17(23)21-8-1-2-9-21;3-2(4,5)1(6)7/h3,5,7,14H,1-2,4,6,8-13H2;(H,6,7)/t14-,18-;/m0./s1. The van der Waals surface area contributed by atoms with Gasteiger partial charge in [-0.2, -0.15) is 13.2 Å². The van der Waals surface area contributed by atoms with Gasteiger partial charge in [0.05, 0.1) is 18.8 Å². The average molecular weight is 463 g/mol. The molecule has 0 radical (unpaired) electrons. The molecular formula is C20H25F4N3O5. The van der Waals surface area contributed by atoms with Gasteiger partial charge >= 0.3 is 18.2 Å². The van der Waals surface area contributed by atoms with Crippen molar-refractivity contribution in [1.82, 2.24) is 14.8 Å². The molecule has 4 heterocycles. The first-order valence-corrected chi connectivity index (χ1v) is 10.3. The summed E-state index contributed by atoms with van der Waals surface area (Å²) in [6.45, 7) is 3.48. The molecule has 3 fully saturated rings. The molecule has 12 heteroatoms. The lowest BCUT2D eigenvalue weighted by molar-refractivity contribution is -0.192. The van der Waals surface area contributed by atoms with Crippen molar-refractivity contribution >= 4 is 12.0 Å². The van der Waals surface area contributed by atoms with Crippen LogP contribution in [0.1, 0.15) is 32.1 Å². The zero-order valence-corrected chi connectivity index (χ0v) is 17.3. The van der Waals surface area contributed by atoms with Crippen LogP contribution in [0, 0.1) is 5.82 Å². The second-order valence-corrected chi connectivity index (χ2v) is 8.03. The fourth-order valence-corrected chi connectivity index (χ4v) is 4.15. The Morgan fingerprint density at radius 2 is 1.84 bits per heavy atom. The van der Waals surface area contributed by atoms with Gasteiger partial charge in [0, 0.05) is 32.3 Å². The van der Waals surface area contributed by atoms with Crippen molar-refractivity contribution in [1.29, 1.82) is 0 Å². The van der Waals surface area contributed by atoms with Crippen LogP contribution in [0.3, 0.4) is 0 Å². The first kappa shape index (κ1) is 24.0. The maximum absolute atomic E-state index is 13.7. The van der Waals surface area contributed by atoms with E-state index in [1.807, 2.05) is 9.80 Å². The van der Waals surface area contributed by atoms with Gasteiger partial charge in [-0.15, -0.1) is 0 Å². The highest BCUT2D eigenvalue weighted by molar-refractivity contribution is 5.75. The zero-order chi connectivity index (χ0) is 23.4. The molecule has 0 aromatic carbocycles. The average Bonchev–Trinajstić information content (AvgIpc) is 3.40. The van der Waals surface area contributed by atoms with E-state index in [1.165, 1.54) is 18.3 Å². The molecule has 4 rings (SSSR count). The summed E-state index contributed by atoms with van der Waals surface area (Å²) in [4.78, 5) is 29.4. The fourth-order valence-electron chi connectivity index (χ4n) is 4.15. The molecule has 1 spiro atoms. The molecule has 0 unspecified atom stereocenters. The monoisotopic (exact) mass is 463 g/mol. The first-order chi connectivity index (χ1) is 15.1. The van der Waals surface area contributed by atoms with Crippen LogP contribution in [0.4, 0.5) is 22.4 Å². The fraction of sp³-hybridized carbons (Fsp3) is 0.650. The van der Waals surface area contributed by atoms with E-state index in [1.54, 1.807) is 0 Å². The van der Waals surface area contributed by atoms with Crippen LogP contribution in [-0.2, 0) is 9.53 Å². The van der Waals surface area contributed by atoms with Crippen LogP contribution in [0.5, 0.6) is 5.88 Å². The summed E-state index contributed by atoms with van der Waals surface area (Å²) in [6.07, 6.45) is 0.866. The Bertz CT molecular complexity index is 819. The number of amides is 2. The zero-order valence-electron chi connectivity index (χ0n) is 17.3. The second-order valence-electron chi connectivity index (χ2n) is 8.03. The number of hydrogen-bond acceptors (Lipinski definition) is 5. The molecule has 2 atom stereocenters. The largest absolute Gasteiger partial charge is 0.490 e. The van der Waals surface area contributed by atoms with Gasteiger partial charge in [0.25, 0.3) is 5.88 Å². The number of carbonyl (C=O) groups is 2. The number of halogens is 4. The van der Waals surface area contributed by atoms with Crippen LogP contribution < -0.4 is 4.74 Å². The number of aliphatic carboxylic acids is 1. The van der Waals surface area contributed by atoms with E-state index in [0.29, 0.717) is 19.6 Å². The number of alkyl halides is 3. The van der Waals surface area contributed by atoms with E-state index in [2.05, 4.69) is 4.98 Å². The predicted molar refractivity (Wildman–Crippen MR) is 103 cm³/mol. The molecule has 178 valence electrons. The Morgan fingerprint density at radius 3 is 2.47 bits per heavy atom. The number of nitrogens with zero attached hydrogens (tertiary/aromatic N) is 3. The first-order valence-electron chi connectivity index (χ1n) is 10.3. The van der Waals surface area contributed by atoms with Crippen LogP contribution >= 0.6 is 0 Å².